The van der Waals surface area contributed by atoms with Crippen LogP contribution >= 0.6 is 0 Å². The molecule has 1 aromatic carbocycles. The van der Waals surface area contributed by atoms with Crippen LogP contribution in [-0.4, -0.2) is 35.7 Å². The zero-order valence-corrected chi connectivity index (χ0v) is 14.6. The van der Waals surface area contributed by atoms with Gasteiger partial charge in [0.25, 0.3) is 0 Å². The van der Waals surface area contributed by atoms with Crippen LogP contribution < -0.4 is 0 Å². The molecular formula is C19H26O6. The molecule has 6 nitrogen and oxygen atoms in total. The summed E-state index contributed by atoms with van der Waals surface area (Å²) in [7, 11) is 0. The van der Waals surface area contributed by atoms with Crippen LogP contribution in [-0.2, 0) is 30.3 Å². The van der Waals surface area contributed by atoms with E-state index in [1.165, 1.54) is 0 Å². The zero-order valence-electron chi connectivity index (χ0n) is 14.6. The van der Waals surface area contributed by atoms with E-state index in [1.54, 1.807) is 24.3 Å². The summed E-state index contributed by atoms with van der Waals surface area (Å²) in [6.45, 7) is 1.55. The predicted octanol–water partition coefficient (Wildman–Crippen LogP) is 3.13. The Morgan fingerprint density at radius 3 is 2.32 bits per heavy atom. The standard InChI is InChI=1S/C19H26O6/c1-2-3-4-5-9-12-17(20)24-14-18(21)25-16(19(22)23)13-15-10-7-6-8-11-15/h6-8,10-11,16H,2-5,9,12-14H2,1H3,(H,22,23). The maximum Gasteiger partial charge on any atom is 0.345 e. The Balaban J connectivity index is 2.30. The average molecular weight is 350 g/mol. The van der Waals surface area contributed by atoms with E-state index in [0.717, 1.165) is 37.7 Å². The predicted molar refractivity (Wildman–Crippen MR) is 92.0 cm³/mol. The van der Waals surface area contributed by atoms with Gasteiger partial charge in [-0.05, 0) is 12.0 Å². The van der Waals surface area contributed by atoms with Crippen molar-refractivity contribution in [3.05, 3.63) is 35.9 Å². The molecule has 1 aromatic rings. The van der Waals surface area contributed by atoms with Crippen molar-refractivity contribution in [3.63, 3.8) is 0 Å². The summed E-state index contributed by atoms with van der Waals surface area (Å²) in [4.78, 5) is 34.5. The van der Waals surface area contributed by atoms with Crippen molar-refractivity contribution < 1.29 is 29.0 Å². The van der Waals surface area contributed by atoms with Crippen LogP contribution in [0.25, 0.3) is 0 Å². The van der Waals surface area contributed by atoms with Gasteiger partial charge in [-0.1, -0.05) is 62.9 Å². The molecule has 0 amide bonds. The zero-order chi connectivity index (χ0) is 18.5. The van der Waals surface area contributed by atoms with Gasteiger partial charge in [0, 0.05) is 12.8 Å². The first-order valence-corrected chi connectivity index (χ1v) is 8.64. The molecule has 25 heavy (non-hydrogen) atoms. The van der Waals surface area contributed by atoms with Gasteiger partial charge in [0.2, 0.25) is 6.10 Å². The van der Waals surface area contributed by atoms with Crippen molar-refractivity contribution in [1.29, 1.82) is 0 Å². The highest BCUT2D eigenvalue weighted by atomic mass is 16.6. The second kappa shape index (κ2) is 12.1. The number of benzene rings is 1. The molecule has 1 rings (SSSR count). The molecule has 0 aliphatic rings. The fourth-order valence-corrected chi connectivity index (χ4v) is 2.28. The Morgan fingerprint density at radius 1 is 1.00 bits per heavy atom. The highest BCUT2D eigenvalue weighted by Gasteiger charge is 2.23. The number of ether oxygens (including phenoxy) is 2. The molecule has 138 valence electrons. The van der Waals surface area contributed by atoms with Gasteiger partial charge in [0.05, 0.1) is 0 Å². The van der Waals surface area contributed by atoms with Gasteiger partial charge in [0.1, 0.15) is 0 Å². The number of hydrogen-bond acceptors (Lipinski definition) is 5. The molecule has 0 aromatic heterocycles. The van der Waals surface area contributed by atoms with E-state index in [2.05, 4.69) is 6.92 Å². The van der Waals surface area contributed by atoms with E-state index >= 15 is 0 Å². The van der Waals surface area contributed by atoms with Gasteiger partial charge < -0.3 is 14.6 Å². The van der Waals surface area contributed by atoms with Crippen LogP contribution in [0.1, 0.15) is 51.0 Å². The first-order chi connectivity index (χ1) is 12.0. The van der Waals surface area contributed by atoms with Crippen molar-refractivity contribution in [2.24, 2.45) is 0 Å². The first-order valence-electron chi connectivity index (χ1n) is 8.64. The van der Waals surface area contributed by atoms with Gasteiger partial charge in [-0.25, -0.2) is 9.59 Å². The lowest BCUT2D eigenvalue weighted by Gasteiger charge is -2.14. The van der Waals surface area contributed by atoms with Gasteiger partial charge in [-0.2, -0.15) is 0 Å². The topological polar surface area (TPSA) is 89.9 Å². The quantitative estimate of drug-likeness (QED) is 0.460. The van der Waals surface area contributed by atoms with Crippen molar-refractivity contribution in [1.82, 2.24) is 0 Å². The van der Waals surface area contributed by atoms with Crippen LogP contribution in [0.15, 0.2) is 30.3 Å². The van der Waals surface area contributed by atoms with Crippen molar-refractivity contribution in [2.45, 2.75) is 58.0 Å². The first kappa shape index (κ1) is 20.7. The number of unbranched alkanes of at least 4 members (excludes halogenated alkanes) is 4. The highest BCUT2D eigenvalue weighted by molar-refractivity contribution is 5.80. The summed E-state index contributed by atoms with van der Waals surface area (Å²) < 4.78 is 9.74. The third kappa shape index (κ3) is 9.49. The van der Waals surface area contributed by atoms with Crippen LogP contribution in [0.3, 0.4) is 0 Å². The molecule has 1 atom stereocenters. The Hall–Kier alpha value is -2.37. The molecule has 0 heterocycles. The summed E-state index contributed by atoms with van der Waals surface area (Å²) in [5, 5.41) is 9.16. The second-order valence-corrected chi connectivity index (χ2v) is 5.83. The lowest BCUT2D eigenvalue weighted by atomic mass is 10.1. The minimum Gasteiger partial charge on any atom is -0.478 e. The summed E-state index contributed by atoms with van der Waals surface area (Å²) in [6.07, 6.45) is 4.03. The summed E-state index contributed by atoms with van der Waals surface area (Å²) >= 11 is 0. The van der Waals surface area contributed by atoms with Crippen molar-refractivity contribution in [3.8, 4) is 0 Å². The Kier molecular flexibility index (Phi) is 9.97. The molecule has 0 saturated carbocycles. The van der Waals surface area contributed by atoms with Crippen LogP contribution in [0.5, 0.6) is 0 Å². The molecule has 0 saturated heterocycles. The van der Waals surface area contributed by atoms with Crippen molar-refractivity contribution >= 4 is 17.9 Å². The molecule has 0 spiro atoms. The van der Waals surface area contributed by atoms with E-state index in [9.17, 15) is 14.4 Å². The van der Waals surface area contributed by atoms with Gasteiger partial charge in [0.15, 0.2) is 6.61 Å². The number of rotatable bonds is 12. The second-order valence-electron chi connectivity index (χ2n) is 5.83. The number of carboxylic acids is 1. The molecule has 1 unspecified atom stereocenters. The summed E-state index contributed by atoms with van der Waals surface area (Å²) in [5.74, 6) is -2.56. The minimum atomic E-state index is -1.30. The molecule has 1 N–H and O–H groups in total. The molecule has 0 fully saturated rings. The fraction of sp³-hybridized carbons (Fsp3) is 0.526. The number of carbonyl (C=O) groups is 3. The smallest absolute Gasteiger partial charge is 0.345 e. The molecular weight excluding hydrogens is 324 g/mol. The Labute approximate surface area is 148 Å². The third-order valence-corrected chi connectivity index (χ3v) is 3.65. The SMILES string of the molecule is CCCCCCCC(=O)OCC(=O)OC(Cc1ccccc1)C(=O)O. The summed E-state index contributed by atoms with van der Waals surface area (Å²) in [5.41, 5.74) is 0.742. The third-order valence-electron chi connectivity index (χ3n) is 3.65. The van der Waals surface area contributed by atoms with Crippen molar-refractivity contribution in [2.75, 3.05) is 6.61 Å². The lowest BCUT2D eigenvalue weighted by Crippen LogP contribution is -2.31. The molecule has 0 aliphatic carbocycles. The number of carbonyl (C=O) groups excluding carboxylic acids is 2. The van der Waals surface area contributed by atoms with Gasteiger partial charge in [-0.15, -0.1) is 0 Å². The maximum absolute atomic E-state index is 11.7. The maximum atomic E-state index is 11.7. The largest absolute Gasteiger partial charge is 0.478 e. The van der Waals surface area contributed by atoms with Crippen LogP contribution in [0.4, 0.5) is 0 Å². The van der Waals surface area contributed by atoms with Gasteiger partial charge in [-0.3, -0.25) is 4.79 Å². The van der Waals surface area contributed by atoms with E-state index in [1.807, 2.05) is 6.07 Å². The molecule has 0 aliphatic heterocycles. The van der Waals surface area contributed by atoms with Gasteiger partial charge >= 0.3 is 17.9 Å². The molecule has 0 bridgehead atoms. The highest BCUT2D eigenvalue weighted by Crippen LogP contribution is 2.08. The Bertz CT molecular complexity index is 540. The number of carboxylic acid groups (broad SMARTS) is 1. The normalized spacial score (nSPS) is 11.6. The van der Waals surface area contributed by atoms with E-state index < -0.39 is 30.6 Å². The number of aliphatic carboxylic acids is 1. The monoisotopic (exact) mass is 350 g/mol. The number of hydrogen-bond donors (Lipinski definition) is 1. The minimum absolute atomic E-state index is 0.0628. The lowest BCUT2D eigenvalue weighted by molar-refractivity contribution is -0.169. The van der Waals surface area contributed by atoms with Crippen LogP contribution in [0, 0.1) is 0 Å². The van der Waals surface area contributed by atoms with E-state index in [4.69, 9.17) is 14.6 Å². The Morgan fingerprint density at radius 2 is 1.68 bits per heavy atom. The van der Waals surface area contributed by atoms with E-state index in [-0.39, 0.29) is 12.8 Å². The molecule has 6 heteroatoms. The number of esters is 2. The van der Waals surface area contributed by atoms with E-state index in [0.29, 0.717) is 0 Å². The fourth-order valence-electron chi connectivity index (χ4n) is 2.28. The van der Waals surface area contributed by atoms with Crippen LogP contribution in [0.2, 0.25) is 0 Å². The molecule has 0 radical (unpaired) electrons. The average Bonchev–Trinajstić information content (AvgIpc) is 2.60. The summed E-state index contributed by atoms with van der Waals surface area (Å²) in [6, 6.07) is 8.87.